The van der Waals surface area contributed by atoms with Gasteiger partial charge in [-0.3, -0.25) is 0 Å². The highest BCUT2D eigenvalue weighted by molar-refractivity contribution is 5.80. The molecule has 0 radical (unpaired) electrons. The Morgan fingerprint density at radius 2 is 1.89 bits per heavy atom. The summed E-state index contributed by atoms with van der Waals surface area (Å²) in [5.74, 6) is -1.03. The maximum Gasteiger partial charge on any atom is 0.412 e. The highest BCUT2D eigenvalue weighted by Crippen LogP contribution is 2.29. The summed E-state index contributed by atoms with van der Waals surface area (Å²) >= 11 is 0. The molecule has 1 aromatic carbocycles. The van der Waals surface area contributed by atoms with E-state index >= 15 is 0 Å². The van der Waals surface area contributed by atoms with E-state index in [9.17, 15) is 18.0 Å². The fraction of sp³-hybridized carbons (Fsp3) is 0.308. The number of ether oxygens (including phenoxy) is 1. The molecule has 0 amide bonds. The quantitative estimate of drug-likeness (QED) is 0.638. The number of halogens is 3. The molecule has 0 aliphatic rings. The van der Waals surface area contributed by atoms with Crippen LogP contribution in [0.2, 0.25) is 0 Å². The summed E-state index contributed by atoms with van der Waals surface area (Å²) in [6.45, 7) is 0.0943. The number of hydrogen-bond donors (Lipinski definition) is 1. The third kappa shape index (κ3) is 5.94. The second-order valence-corrected chi connectivity index (χ2v) is 3.77. The van der Waals surface area contributed by atoms with Crippen LogP contribution in [0.4, 0.5) is 13.2 Å². The minimum absolute atomic E-state index is 0.0908. The first kappa shape index (κ1) is 15.1. The van der Waals surface area contributed by atoms with Gasteiger partial charge in [0.2, 0.25) is 0 Å². The number of aliphatic carboxylic acids is 1. The molecule has 0 aliphatic heterocycles. The second kappa shape index (κ2) is 6.82. The maximum absolute atomic E-state index is 12.5. The summed E-state index contributed by atoms with van der Waals surface area (Å²) in [7, 11) is 0. The van der Waals surface area contributed by atoms with Gasteiger partial charge in [-0.05, 0) is 25.0 Å². The Morgan fingerprint density at radius 3 is 2.42 bits per heavy atom. The Balaban J connectivity index is 2.44. The van der Waals surface area contributed by atoms with Crippen molar-refractivity contribution in [3.8, 4) is 5.75 Å². The minimum atomic E-state index is -4.62. The van der Waals surface area contributed by atoms with E-state index in [2.05, 4.69) is 0 Å². The largest absolute Gasteiger partial charge is 0.494 e. The lowest BCUT2D eigenvalue weighted by Crippen LogP contribution is -2.14. The number of carboxylic acids is 1. The summed E-state index contributed by atoms with van der Waals surface area (Å²) in [5, 5.41) is 8.37. The number of carbonyl (C=O) groups is 1. The van der Waals surface area contributed by atoms with Crippen LogP contribution < -0.4 is 4.74 Å². The first-order valence-corrected chi connectivity index (χ1v) is 5.58. The molecule has 1 aromatic rings. The molecule has 0 fully saturated rings. The standard InChI is InChI=1S/C13H13F3O3/c14-13(15,16)10(9-12(17)18)5-4-8-19-11-6-2-1-3-7-11/h1-3,6-7,9H,4-5,8H2,(H,17,18)/b10-9+. The summed E-state index contributed by atoms with van der Waals surface area (Å²) in [6.07, 6.45) is -4.72. The molecule has 0 saturated carbocycles. The van der Waals surface area contributed by atoms with Crippen LogP contribution >= 0.6 is 0 Å². The topological polar surface area (TPSA) is 46.5 Å². The molecule has 0 heterocycles. The van der Waals surface area contributed by atoms with Crippen LogP contribution in [0.1, 0.15) is 12.8 Å². The van der Waals surface area contributed by atoms with Gasteiger partial charge in [0.25, 0.3) is 0 Å². The molecule has 104 valence electrons. The molecular formula is C13H13F3O3. The van der Waals surface area contributed by atoms with E-state index in [1.54, 1.807) is 30.3 Å². The SMILES string of the molecule is O=C(O)/C=C(\CCCOc1ccccc1)C(F)(F)F. The molecular weight excluding hydrogens is 261 g/mol. The van der Waals surface area contributed by atoms with Gasteiger partial charge in [-0.25, -0.2) is 4.79 Å². The van der Waals surface area contributed by atoms with Crippen LogP contribution in [0.25, 0.3) is 0 Å². The average Bonchev–Trinajstić information content (AvgIpc) is 2.32. The van der Waals surface area contributed by atoms with Crippen molar-refractivity contribution in [2.24, 2.45) is 0 Å². The number of benzene rings is 1. The van der Waals surface area contributed by atoms with Gasteiger partial charge >= 0.3 is 12.1 Å². The smallest absolute Gasteiger partial charge is 0.412 e. The lowest BCUT2D eigenvalue weighted by molar-refractivity contribution is -0.132. The predicted molar refractivity (Wildman–Crippen MR) is 62.9 cm³/mol. The molecule has 1 N–H and O–H groups in total. The number of alkyl halides is 3. The number of hydrogen-bond acceptors (Lipinski definition) is 2. The molecule has 1 rings (SSSR count). The molecule has 0 aromatic heterocycles. The molecule has 6 heteroatoms. The van der Waals surface area contributed by atoms with Crippen molar-refractivity contribution >= 4 is 5.97 Å². The van der Waals surface area contributed by atoms with Crippen molar-refractivity contribution in [3.05, 3.63) is 42.0 Å². The zero-order valence-corrected chi connectivity index (χ0v) is 9.98. The Kier molecular flexibility index (Phi) is 5.41. The van der Waals surface area contributed by atoms with E-state index in [-0.39, 0.29) is 25.5 Å². The molecule has 3 nitrogen and oxygen atoms in total. The molecule has 0 unspecified atom stereocenters. The summed E-state index contributed by atoms with van der Waals surface area (Å²) in [5.41, 5.74) is -1.06. The van der Waals surface area contributed by atoms with E-state index in [0.29, 0.717) is 5.75 Å². The van der Waals surface area contributed by atoms with Crippen LogP contribution in [0.3, 0.4) is 0 Å². The molecule has 0 saturated heterocycles. The fourth-order valence-electron chi connectivity index (χ4n) is 1.41. The first-order chi connectivity index (χ1) is 8.89. The maximum atomic E-state index is 12.5. The summed E-state index contributed by atoms with van der Waals surface area (Å²) in [4.78, 5) is 10.3. The number of allylic oxidation sites excluding steroid dienone is 1. The van der Waals surface area contributed by atoms with Gasteiger partial charge in [0.05, 0.1) is 6.61 Å². The van der Waals surface area contributed by atoms with Crippen LogP contribution in [-0.4, -0.2) is 23.9 Å². The zero-order valence-electron chi connectivity index (χ0n) is 9.98. The van der Waals surface area contributed by atoms with Gasteiger partial charge in [-0.1, -0.05) is 18.2 Å². The van der Waals surface area contributed by atoms with Crippen LogP contribution in [0.5, 0.6) is 5.75 Å². The van der Waals surface area contributed by atoms with E-state index in [4.69, 9.17) is 9.84 Å². The van der Waals surface area contributed by atoms with Crippen molar-refractivity contribution < 1.29 is 27.8 Å². The number of para-hydroxylation sites is 1. The van der Waals surface area contributed by atoms with Gasteiger partial charge in [0, 0.05) is 11.6 Å². The van der Waals surface area contributed by atoms with Crippen molar-refractivity contribution in [1.82, 2.24) is 0 Å². The number of rotatable bonds is 6. The van der Waals surface area contributed by atoms with Crippen LogP contribution in [-0.2, 0) is 4.79 Å². The van der Waals surface area contributed by atoms with Gasteiger partial charge in [-0.15, -0.1) is 0 Å². The van der Waals surface area contributed by atoms with Gasteiger partial charge in [0.1, 0.15) is 5.75 Å². The van der Waals surface area contributed by atoms with Gasteiger partial charge in [-0.2, -0.15) is 13.2 Å². The normalized spacial score (nSPS) is 12.3. The van der Waals surface area contributed by atoms with Crippen molar-refractivity contribution in [2.45, 2.75) is 19.0 Å². The molecule has 0 atom stereocenters. The Hall–Kier alpha value is -1.98. The third-order valence-electron chi connectivity index (χ3n) is 2.26. The Bertz CT molecular complexity index is 438. The van der Waals surface area contributed by atoms with Crippen molar-refractivity contribution in [2.75, 3.05) is 6.61 Å². The lowest BCUT2D eigenvalue weighted by Gasteiger charge is -2.11. The lowest BCUT2D eigenvalue weighted by atomic mass is 10.1. The summed E-state index contributed by atoms with van der Waals surface area (Å²) < 4.78 is 42.6. The average molecular weight is 274 g/mol. The Morgan fingerprint density at radius 1 is 1.26 bits per heavy atom. The minimum Gasteiger partial charge on any atom is -0.494 e. The monoisotopic (exact) mass is 274 g/mol. The Labute approximate surface area is 108 Å². The molecule has 19 heavy (non-hydrogen) atoms. The highest BCUT2D eigenvalue weighted by atomic mass is 19.4. The summed E-state index contributed by atoms with van der Waals surface area (Å²) in [6, 6.07) is 8.68. The van der Waals surface area contributed by atoms with E-state index in [1.165, 1.54) is 0 Å². The third-order valence-corrected chi connectivity index (χ3v) is 2.26. The van der Waals surface area contributed by atoms with E-state index in [1.807, 2.05) is 0 Å². The predicted octanol–water partition coefficient (Wildman–Crippen LogP) is 3.42. The highest BCUT2D eigenvalue weighted by Gasteiger charge is 2.33. The fourth-order valence-corrected chi connectivity index (χ4v) is 1.41. The van der Waals surface area contributed by atoms with E-state index < -0.39 is 17.7 Å². The zero-order chi connectivity index (χ0) is 14.3. The number of carboxylic acid groups (broad SMARTS) is 1. The van der Waals surface area contributed by atoms with E-state index in [0.717, 1.165) is 0 Å². The molecule has 0 aliphatic carbocycles. The second-order valence-electron chi connectivity index (χ2n) is 3.77. The van der Waals surface area contributed by atoms with Gasteiger partial charge in [0.15, 0.2) is 0 Å². The van der Waals surface area contributed by atoms with Gasteiger partial charge < -0.3 is 9.84 Å². The van der Waals surface area contributed by atoms with Crippen LogP contribution in [0.15, 0.2) is 42.0 Å². The first-order valence-electron chi connectivity index (χ1n) is 5.58. The molecule has 0 bridgehead atoms. The van der Waals surface area contributed by atoms with Crippen molar-refractivity contribution in [3.63, 3.8) is 0 Å². The van der Waals surface area contributed by atoms with Crippen LogP contribution in [0, 0.1) is 0 Å². The van der Waals surface area contributed by atoms with Crippen molar-refractivity contribution in [1.29, 1.82) is 0 Å². The molecule has 0 spiro atoms.